The van der Waals surface area contributed by atoms with Crippen molar-refractivity contribution in [2.45, 2.75) is 90.4 Å². The van der Waals surface area contributed by atoms with Crippen LogP contribution in [0.15, 0.2) is 42.5 Å². The molecule has 47 heavy (non-hydrogen) atoms. The molecule has 1 aliphatic carbocycles. The summed E-state index contributed by atoms with van der Waals surface area (Å²) in [5, 5.41) is 15.6. The van der Waals surface area contributed by atoms with Crippen LogP contribution >= 0.6 is 0 Å². The number of ether oxygens (including phenoxy) is 2. The smallest absolute Gasteiger partial charge is 0.323 e. The highest BCUT2D eigenvalue weighted by Gasteiger charge is 2.32. The third kappa shape index (κ3) is 10.4. The van der Waals surface area contributed by atoms with Crippen LogP contribution in [-0.2, 0) is 9.53 Å². The molecule has 2 aliphatic rings. The highest BCUT2D eigenvalue weighted by atomic mass is 19.1. The van der Waals surface area contributed by atoms with Gasteiger partial charge in [0.15, 0.2) is 0 Å². The Bertz CT molecular complexity index is 1340. The lowest BCUT2D eigenvalue weighted by atomic mass is 9.88. The number of nitrogens with zero attached hydrogens (tertiary/aromatic N) is 2. The predicted octanol–water partition coefficient (Wildman–Crippen LogP) is 6.30. The van der Waals surface area contributed by atoms with Gasteiger partial charge in [0.05, 0.1) is 30.4 Å². The van der Waals surface area contributed by atoms with Crippen LogP contribution in [0.25, 0.3) is 0 Å². The Hall–Kier alpha value is -3.70. The van der Waals surface area contributed by atoms with Crippen molar-refractivity contribution in [2.24, 2.45) is 11.8 Å². The quantitative estimate of drug-likeness (QED) is 0.322. The number of benzene rings is 2. The van der Waals surface area contributed by atoms with Crippen molar-refractivity contribution in [1.29, 1.82) is 0 Å². The number of aliphatic hydroxyl groups is 1. The maximum absolute atomic E-state index is 14.3. The molecule has 10 nitrogen and oxygen atoms in total. The van der Waals surface area contributed by atoms with Crippen LogP contribution in [0, 0.1) is 17.7 Å². The Morgan fingerprint density at radius 3 is 2.36 bits per heavy atom. The summed E-state index contributed by atoms with van der Waals surface area (Å²) in [6.07, 6.45) is 7.11. The van der Waals surface area contributed by atoms with E-state index in [1.165, 1.54) is 30.7 Å². The van der Waals surface area contributed by atoms with E-state index in [2.05, 4.69) is 10.6 Å². The summed E-state index contributed by atoms with van der Waals surface area (Å²) >= 11 is 0. The average molecular weight is 655 g/mol. The van der Waals surface area contributed by atoms with E-state index in [1.807, 2.05) is 20.9 Å². The van der Waals surface area contributed by atoms with Crippen LogP contribution in [-0.4, -0.2) is 84.4 Å². The normalized spacial score (nSPS) is 22.3. The van der Waals surface area contributed by atoms with Gasteiger partial charge in [-0.15, -0.1) is 0 Å². The number of likely N-dealkylation sites (N-methyl/N-ethyl adjacent to an activating group) is 1. The van der Waals surface area contributed by atoms with Crippen LogP contribution in [0.4, 0.5) is 20.6 Å². The minimum atomic E-state index is -0.555. The van der Waals surface area contributed by atoms with Gasteiger partial charge in [0.25, 0.3) is 5.91 Å². The topological polar surface area (TPSA) is 120 Å². The first-order valence-corrected chi connectivity index (χ1v) is 17.0. The molecule has 4 amide bonds. The number of hydrogen-bond donors (Lipinski definition) is 3. The van der Waals surface area contributed by atoms with Gasteiger partial charge in [-0.05, 0) is 88.4 Å². The van der Waals surface area contributed by atoms with Crippen LogP contribution in [0.3, 0.4) is 0 Å². The minimum absolute atomic E-state index is 0.0496. The molecule has 1 fully saturated rings. The number of hydrogen-bond acceptors (Lipinski definition) is 6. The fourth-order valence-corrected chi connectivity index (χ4v) is 6.31. The van der Waals surface area contributed by atoms with Gasteiger partial charge < -0.3 is 35.0 Å². The number of urea groups is 1. The lowest BCUT2D eigenvalue weighted by Crippen LogP contribution is -2.48. The largest absolute Gasteiger partial charge is 0.490 e. The van der Waals surface area contributed by atoms with Gasteiger partial charge in [-0.2, -0.15) is 0 Å². The summed E-state index contributed by atoms with van der Waals surface area (Å²) in [5.74, 6) is -0.344. The summed E-state index contributed by atoms with van der Waals surface area (Å²) in [5.41, 5.74) is 1.03. The van der Waals surface area contributed by atoms with Crippen LogP contribution in [0.2, 0.25) is 0 Å². The van der Waals surface area contributed by atoms with Crippen LogP contribution < -0.4 is 15.4 Å². The van der Waals surface area contributed by atoms with Crippen LogP contribution in [0.5, 0.6) is 5.75 Å². The summed E-state index contributed by atoms with van der Waals surface area (Å²) in [7, 11) is 1.84. The van der Waals surface area contributed by atoms with Crippen molar-refractivity contribution in [3.63, 3.8) is 0 Å². The summed E-state index contributed by atoms with van der Waals surface area (Å²) in [6, 6.07) is 9.23. The number of carbonyl (C=O) groups excluding carboxylic acids is 3. The SMILES string of the molecule is C[C@@H]1CCCCO[C@@H](CN(C)C(=O)C2CCCCC2)[C@@H](C)CN([C@@H](C)CO)C(=O)c2cc(NC(=O)Nc3ccc(F)cc3)ccc2O1. The van der Waals surface area contributed by atoms with Crippen molar-refractivity contribution in [3.8, 4) is 5.75 Å². The predicted molar refractivity (Wildman–Crippen MR) is 180 cm³/mol. The number of fused-ring (bicyclic) bond motifs is 1. The van der Waals surface area contributed by atoms with E-state index in [0.717, 1.165) is 44.9 Å². The van der Waals surface area contributed by atoms with Gasteiger partial charge in [0.1, 0.15) is 11.6 Å². The molecule has 0 radical (unpaired) electrons. The van der Waals surface area contributed by atoms with E-state index in [0.29, 0.717) is 30.3 Å². The number of carbonyl (C=O) groups is 3. The second-order valence-corrected chi connectivity index (χ2v) is 13.2. The van der Waals surface area contributed by atoms with Gasteiger partial charge in [0.2, 0.25) is 5.91 Å². The molecule has 0 saturated heterocycles. The van der Waals surface area contributed by atoms with Crippen molar-refractivity contribution in [3.05, 3.63) is 53.8 Å². The Balaban J connectivity index is 1.58. The van der Waals surface area contributed by atoms with Gasteiger partial charge >= 0.3 is 6.03 Å². The lowest BCUT2D eigenvalue weighted by molar-refractivity contribution is -0.137. The second kappa shape index (κ2) is 17.5. The number of halogens is 1. The molecule has 0 spiro atoms. The first kappa shape index (κ1) is 36.1. The third-order valence-electron chi connectivity index (χ3n) is 9.20. The van der Waals surface area contributed by atoms with E-state index in [4.69, 9.17) is 9.47 Å². The third-order valence-corrected chi connectivity index (χ3v) is 9.20. The van der Waals surface area contributed by atoms with E-state index in [1.54, 1.807) is 34.9 Å². The Morgan fingerprint density at radius 2 is 1.66 bits per heavy atom. The van der Waals surface area contributed by atoms with Gasteiger partial charge in [-0.3, -0.25) is 9.59 Å². The zero-order valence-electron chi connectivity index (χ0n) is 28.2. The van der Waals surface area contributed by atoms with Gasteiger partial charge in [-0.25, -0.2) is 9.18 Å². The van der Waals surface area contributed by atoms with Crippen LogP contribution in [0.1, 0.15) is 82.5 Å². The number of nitrogens with one attached hydrogen (secondary N) is 2. The lowest BCUT2D eigenvalue weighted by Gasteiger charge is -2.36. The molecule has 0 unspecified atom stereocenters. The zero-order chi connectivity index (χ0) is 33.9. The molecule has 11 heteroatoms. The molecule has 3 N–H and O–H groups in total. The fraction of sp³-hybridized carbons (Fsp3) is 0.583. The fourth-order valence-electron chi connectivity index (χ4n) is 6.31. The van der Waals surface area contributed by atoms with Crippen molar-refractivity contribution in [2.75, 3.05) is 44.0 Å². The molecular weight excluding hydrogens is 603 g/mol. The minimum Gasteiger partial charge on any atom is -0.490 e. The van der Waals surface area contributed by atoms with Crippen molar-refractivity contribution >= 4 is 29.2 Å². The molecular formula is C36H51FN4O6. The molecule has 1 heterocycles. The van der Waals surface area contributed by atoms with Gasteiger partial charge in [-0.1, -0.05) is 26.2 Å². The summed E-state index contributed by atoms with van der Waals surface area (Å²) in [6.45, 7) is 6.71. The molecule has 0 aromatic heterocycles. The molecule has 4 atom stereocenters. The van der Waals surface area contributed by atoms with Crippen molar-refractivity contribution < 1.29 is 33.4 Å². The average Bonchev–Trinajstić information content (AvgIpc) is 3.07. The zero-order valence-corrected chi connectivity index (χ0v) is 28.2. The summed E-state index contributed by atoms with van der Waals surface area (Å²) in [4.78, 5) is 43.8. The Morgan fingerprint density at radius 1 is 1.00 bits per heavy atom. The van der Waals surface area contributed by atoms with E-state index < -0.39 is 17.9 Å². The van der Waals surface area contributed by atoms with Gasteiger partial charge in [0, 0.05) is 50.0 Å². The number of aliphatic hydroxyl groups excluding tert-OH is 1. The first-order valence-electron chi connectivity index (χ1n) is 17.0. The molecule has 1 aliphatic heterocycles. The first-order chi connectivity index (χ1) is 22.5. The Kier molecular flexibility index (Phi) is 13.4. The molecule has 2 aromatic carbocycles. The number of anilines is 2. The van der Waals surface area contributed by atoms with Crippen molar-refractivity contribution in [1.82, 2.24) is 9.80 Å². The monoisotopic (exact) mass is 654 g/mol. The number of amides is 4. The number of rotatable bonds is 7. The molecule has 2 aromatic rings. The highest BCUT2D eigenvalue weighted by molar-refractivity contribution is 6.02. The molecule has 258 valence electrons. The van der Waals surface area contributed by atoms with E-state index in [-0.39, 0.29) is 54.6 Å². The standard InChI is InChI=1S/C36H51FN4O6/c1-24-21-41(25(2)23-42)35(44)31-20-30(39-36(45)38-29-15-13-28(37)14-16-29)17-18-32(31)47-26(3)10-8-9-19-46-33(24)22-40(4)34(43)27-11-6-5-7-12-27/h13-18,20,24-27,33,42H,5-12,19,21-23H2,1-4H3,(H2,38,39,45)/t24-,25-,26+,33-/m0/s1. The maximum Gasteiger partial charge on any atom is 0.323 e. The summed E-state index contributed by atoms with van der Waals surface area (Å²) < 4.78 is 26.0. The van der Waals surface area contributed by atoms with E-state index >= 15 is 0 Å². The molecule has 4 rings (SSSR count). The Labute approximate surface area is 278 Å². The maximum atomic E-state index is 14.3. The molecule has 0 bridgehead atoms. The molecule has 1 saturated carbocycles. The second-order valence-electron chi connectivity index (χ2n) is 13.2. The van der Waals surface area contributed by atoms with E-state index in [9.17, 15) is 23.9 Å². The highest BCUT2D eigenvalue weighted by Crippen LogP contribution is 2.29.